The van der Waals surface area contributed by atoms with E-state index in [2.05, 4.69) is 0 Å². The monoisotopic (exact) mass is 195 g/mol. The van der Waals surface area contributed by atoms with E-state index in [1.807, 2.05) is 0 Å². The van der Waals surface area contributed by atoms with E-state index in [1.54, 1.807) is 13.8 Å². The predicted octanol–water partition coefficient (Wildman–Crippen LogP) is 1.33. The number of ether oxygens (including phenoxy) is 1. The van der Waals surface area contributed by atoms with Gasteiger partial charge in [-0.3, -0.25) is 0 Å². The molecule has 0 aliphatic carbocycles. The van der Waals surface area contributed by atoms with E-state index in [1.165, 1.54) is 0 Å². The fraction of sp³-hybridized carbons (Fsp3) is 0.714. The van der Waals surface area contributed by atoms with Gasteiger partial charge < -0.3 is 15.3 Å². The van der Waals surface area contributed by atoms with Crippen molar-refractivity contribution < 1.29 is 14.6 Å². The lowest BCUT2D eigenvalue weighted by atomic mass is 10.0. The van der Waals surface area contributed by atoms with Gasteiger partial charge in [0, 0.05) is 12.8 Å². The number of carboxylic acids is 1. The zero-order valence-corrected chi connectivity index (χ0v) is 7.98. The molecule has 4 nitrogen and oxygen atoms in total. The maximum Gasteiger partial charge on any atom is 0.341 e. The van der Waals surface area contributed by atoms with E-state index in [4.69, 9.17) is 15.3 Å². The van der Waals surface area contributed by atoms with E-state index in [9.17, 15) is 4.79 Å². The number of carboxylic acid groups (broad SMARTS) is 1. The van der Waals surface area contributed by atoms with Crippen LogP contribution in [0.1, 0.15) is 20.3 Å². The molecular weight excluding hydrogens is 182 g/mol. The predicted molar refractivity (Wildman–Crippen MR) is 48.3 cm³/mol. The van der Waals surface area contributed by atoms with Gasteiger partial charge in [0.25, 0.3) is 0 Å². The Balaban J connectivity index is 0. The zero-order chi connectivity index (χ0) is 8.91. The molecule has 0 saturated heterocycles. The summed E-state index contributed by atoms with van der Waals surface area (Å²) in [5, 5.41) is 15.6. The van der Waals surface area contributed by atoms with Crippen LogP contribution in [0.5, 0.6) is 0 Å². The highest BCUT2D eigenvalue weighted by Crippen LogP contribution is 2.12. The SMILES string of the molecule is CCOC(C=N)(CC)C(=O)O.Cl. The molecule has 1 atom stereocenters. The van der Waals surface area contributed by atoms with Crippen LogP contribution >= 0.6 is 12.4 Å². The Morgan fingerprint density at radius 3 is 2.25 bits per heavy atom. The number of hydrogen-bond donors (Lipinski definition) is 2. The molecule has 0 aliphatic heterocycles. The summed E-state index contributed by atoms with van der Waals surface area (Å²) >= 11 is 0. The summed E-state index contributed by atoms with van der Waals surface area (Å²) in [7, 11) is 0. The van der Waals surface area contributed by atoms with Crippen molar-refractivity contribution in [1.82, 2.24) is 0 Å². The first-order valence-corrected chi connectivity index (χ1v) is 3.52. The smallest absolute Gasteiger partial charge is 0.341 e. The largest absolute Gasteiger partial charge is 0.479 e. The van der Waals surface area contributed by atoms with Gasteiger partial charge in [0.15, 0.2) is 5.60 Å². The Morgan fingerprint density at radius 1 is 1.67 bits per heavy atom. The summed E-state index contributed by atoms with van der Waals surface area (Å²) in [4.78, 5) is 10.6. The van der Waals surface area contributed by atoms with E-state index < -0.39 is 11.6 Å². The standard InChI is InChI=1S/C7H13NO3.ClH/c1-3-7(5-8,6(9)10)11-4-2;/h5,8H,3-4H2,1-2H3,(H,9,10);1H. The Kier molecular flexibility index (Phi) is 6.94. The van der Waals surface area contributed by atoms with Gasteiger partial charge in [0.1, 0.15) is 0 Å². The van der Waals surface area contributed by atoms with Crippen LogP contribution in [-0.2, 0) is 9.53 Å². The van der Waals surface area contributed by atoms with E-state index >= 15 is 0 Å². The van der Waals surface area contributed by atoms with Gasteiger partial charge in [-0.2, -0.15) is 0 Å². The Labute approximate surface area is 77.8 Å². The first-order chi connectivity index (χ1) is 5.13. The lowest BCUT2D eigenvalue weighted by Gasteiger charge is -2.22. The van der Waals surface area contributed by atoms with E-state index in [0.29, 0.717) is 6.61 Å². The highest BCUT2D eigenvalue weighted by molar-refractivity contribution is 5.96. The summed E-state index contributed by atoms with van der Waals surface area (Å²) in [6, 6.07) is 0. The molecule has 0 spiro atoms. The van der Waals surface area contributed by atoms with Gasteiger partial charge in [-0.1, -0.05) is 6.92 Å². The van der Waals surface area contributed by atoms with Crippen LogP contribution in [0.15, 0.2) is 0 Å². The Hall–Kier alpha value is -0.610. The average Bonchev–Trinajstić information content (AvgIpc) is 2.00. The van der Waals surface area contributed by atoms with E-state index in [0.717, 1.165) is 6.21 Å². The molecule has 72 valence electrons. The maximum atomic E-state index is 10.6. The van der Waals surface area contributed by atoms with Crippen molar-refractivity contribution in [2.45, 2.75) is 25.9 Å². The van der Waals surface area contributed by atoms with Gasteiger partial charge in [-0.25, -0.2) is 4.79 Å². The molecular formula is C7H14ClNO3. The number of carbonyl (C=O) groups is 1. The third-order valence-electron chi connectivity index (χ3n) is 1.52. The maximum absolute atomic E-state index is 10.6. The molecule has 2 N–H and O–H groups in total. The second-order valence-corrected chi connectivity index (χ2v) is 2.13. The van der Waals surface area contributed by atoms with Gasteiger partial charge in [-0.05, 0) is 13.3 Å². The van der Waals surface area contributed by atoms with Crippen LogP contribution < -0.4 is 0 Å². The third-order valence-corrected chi connectivity index (χ3v) is 1.52. The fourth-order valence-electron chi connectivity index (χ4n) is 0.778. The molecule has 0 saturated carbocycles. The average molecular weight is 196 g/mol. The molecule has 0 aromatic carbocycles. The van der Waals surface area contributed by atoms with Crippen molar-refractivity contribution >= 4 is 24.6 Å². The minimum Gasteiger partial charge on any atom is -0.479 e. The second-order valence-electron chi connectivity index (χ2n) is 2.13. The van der Waals surface area contributed by atoms with Gasteiger partial charge in [0.2, 0.25) is 0 Å². The summed E-state index contributed by atoms with van der Waals surface area (Å²) in [6.07, 6.45) is 1.11. The zero-order valence-electron chi connectivity index (χ0n) is 7.16. The minimum absolute atomic E-state index is 0. The molecule has 5 heteroatoms. The van der Waals surface area contributed by atoms with Crippen LogP contribution in [0.25, 0.3) is 0 Å². The number of rotatable bonds is 5. The molecule has 0 aromatic heterocycles. The molecule has 0 fully saturated rings. The third kappa shape index (κ3) is 2.79. The van der Waals surface area contributed by atoms with Gasteiger partial charge >= 0.3 is 5.97 Å². The Bertz CT molecular complexity index is 163. The van der Waals surface area contributed by atoms with Crippen LogP contribution in [0.3, 0.4) is 0 Å². The van der Waals surface area contributed by atoms with Crippen molar-refractivity contribution in [2.24, 2.45) is 0 Å². The first-order valence-electron chi connectivity index (χ1n) is 3.52. The molecule has 1 unspecified atom stereocenters. The minimum atomic E-state index is -1.41. The number of aliphatic carboxylic acids is 1. The topological polar surface area (TPSA) is 70.4 Å². The lowest BCUT2D eigenvalue weighted by molar-refractivity contribution is -0.156. The molecule has 0 amide bonds. The van der Waals surface area contributed by atoms with Crippen molar-refractivity contribution in [3.8, 4) is 0 Å². The molecule has 0 rings (SSSR count). The van der Waals surface area contributed by atoms with Crippen molar-refractivity contribution in [3.05, 3.63) is 0 Å². The quantitative estimate of drug-likeness (QED) is 0.651. The fourth-order valence-corrected chi connectivity index (χ4v) is 0.778. The summed E-state index contributed by atoms with van der Waals surface area (Å²) in [5.74, 6) is -1.10. The van der Waals surface area contributed by atoms with Crippen LogP contribution in [0, 0.1) is 5.41 Å². The number of hydrogen-bond acceptors (Lipinski definition) is 3. The normalized spacial score (nSPS) is 14.2. The first kappa shape index (κ1) is 13.9. The van der Waals surface area contributed by atoms with Crippen molar-refractivity contribution in [3.63, 3.8) is 0 Å². The highest BCUT2D eigenvalue weighted by atomic mass is 35.5. The molecule has 0 aromatic rings. The number of nitrogens with one attached hydrogen (secondary N) is 1. The molecule has 12 heavy (non-hydrogen) atoms. The highest BCUT2D eigenvalue weighted by Gasteiger charge is 2.34. The molecule has 0 aliphatic rings. The summed E-state index contributed by atoms with van der Waals surface area (Å²) in [5.41, 5.74) is -1.41. The second kappa shape index (κ2) is 5.97. The van der Waals surface area contributed by atoms with Gasteiger partial charge in [-0.15, -0.1) is 12.4 Å². The Morgan fingerprint density at radius 2 is 2.17 bits per heavy atom. The van der Waals surface area contributed by atoms with Crippen molar-refractivity contribution in [1.29, 1.82) is 5.41 Å². The van der Waals surface area contributed by atoms with Crippen LogP contribution in [-0.4, -0.2) is 29.5 Å². The van der Waals surface area contributed by atoms with E-state index in [-0.39, 0.29) is 18.8 Å². The van der Waals surface area contributed by atoms with Crippen molar-refractivity contribution in [2.75, 3.05) is 6.61 Å². The van der Waals surface area contributed by atoms with Crippen LogP contribution in [0.2, 0.25) is 0 Å². The molecule has 0 bridgehead atoms. The lowest BCUT2D eigenvalue weighted by Crippen LogP contribution is -2.42. The molecule has 0 heterocycles. The summed E-state index contributed by atoms with van der Waals surface area (Å²) < 4.78 is 4.95. The van der Waals surface area contributed by atoms with Crippen LogP contribution in [0.4, 0.5) is 0 Å². The summed E-state index contributed by atoms with van der Waals surface area (Å²) in [6.45, 7) is 3.68. The molecule has 0 radical (unpaired) electrons. The number of halogens is 1. The van der Waals surface area contributed by atoms with Gasteiger partial charge in [0.05, 0.1) is 0 Å².